The summed E-state index contributed by atoms with van der Waals surface area (Å²) in [6.45, 7) is 6.99. The molecule has 3 heterocycles. The number of rotatable bonds is 3. The lowest BCUT2D eigenvalue weighted by atomic mass is 10.0. The van der Waals surface area contributed by atoms with E-state index in [2.05, 4.69) is 5.10 Å². The van der Waals surface area contributed by atoms with Crippen molar-refractivity contribution in [3.8, 4) is 5.69 Å². The van der Waals surface area contributed by atoms with Crippen molar-refractivity contribution in [1.29, 1.82) is 0 Å². The van der Waals surface area contributed by atoms with Gasteiger partial charge in [0.2, 0.25) is 11.8 Å². The van der Waals surface area contributed by atoms with Gasteiger partial charge in [-0.25, -0.2) is 4.68 Å². The van der Waals surface area contributed by atoms with E-state index in [9.17, 15) is 9.59 Å². The van der Waals surface area contributed by atoms with Gasteiger partial charge in [-0.2, -0.15) is 5.10 Å². The molecule has 2 aliphatic heterocycles. The Morgan fingerprint density at radius 3 is 2.69 bits per heavy atom. The van der Waals surface area contributed by atoms with Crippen molar-refractivity contribution in [3.05, 3.63) is 47.3 Å². The van der Waals surface area contributed by atoms with Crippen molar-refractivity contribution in [2.45, 2.75) is 52.2 Å². The van der Waals surface area contributed by atoms with Gasteiger partial charge in [0.05, 0.1) is 11.4 Å². The lowest BCUT2D eigenvalue weighted by Gasteiger charge is -2.41. The number of hydrogen-bond acceptors (Lipinski definition) is 3. The molecule has 2 saturated heterocycles. The summed E-state index contributed by atoms with van der Waals surface area (Å²) in [5.41, 5.74) is 4.02. The molecule has 136 valence electrons. The summed E-state index contributed by atoms with van der Waals surface area (Å²) in [4.78, 5) is 29.0. The van der Waals surface area contributed by atoms with Crippen LogP contribution in [-0.2, 0) is 16.1 Å². The molecular weight excluding hydrogens is 328 g/mol. The highest BCUT2D eigenvalue weighted by atomic mass is 16.2. The first kappa shape index (κ1) is 16.8. The molecule has 2 atom stereocenters. The Morgan fingerprint density at radius 2 is 1.96 bits per heavy atom. The predicted octanol–water partition coefficient (Wildman–Crippen LogP) is 2.21. The van der Waals surface area contributed by atoms with Crippen LogP contribution in [0, 0.1) is 13.8 Å². The number of nitrogens with zero attached hydrogens (tertiary/aromatic N) is 4. The second-order valence-electron chi connectivity index (χ2n) is 7.34. The third-order valence-corrected chi connectivity index (χ3v) is 5.45. The molecule has 0 unspecified atom stereocenters. The smallest absolute Gasteiger partial charge is 0.246 e. The first-order chi connectivity index (χ1) is 12.5. The zero-order valence-electron chi connectivity index (χ0n) is 15.5. The van der Waals surface area contributed by atoms with E-state index < -0.39 is 6.04 Å². The molecule has 0 bridgehead atoms. The maximum Gasteiger partial charge on any atom is 0.246 e. The topological polar surface area (TPSA) is 58.4 Å². The van der Waals surface area contributed by atoms with Gasteiger partial charge >= 0.3 is 0 Å². The Hall–Kier alpha value is -2.63. The van der Waals surface area contributed by atoms with E-state index in [1.165, 1.54) is 0 Å². The lowest BCUT2D eigenvalue weighted by Crippen LogP contribution is -2.61. The van der Waals surface area contributed by atoms with Crippen molar-refractivity contribution in [1.82, 2.24) is 19.6 Å². The van der Waals surface area contributed by atoms with Crippen LogP contribution in [0.1, 0.15) is 36.7 Å². The summed E-state index contributed by atoms with van der Waals surface area (Å²) >= 11 is 0. The molecule has 2 amide bonds. The molecular formula is C20H24N4O2. The molecule has 1 aromatic heterocycles. The Labute approximate surface area is 153 Å². The van der Waals surface area contributed by atoms with Gasteiger partial charge in [0.1, 0.15) is 12.1 Å². The highest BCUT2D eigenvalue weighted by Crippen LogP contribution is 2.28. The van der Waals surface area contributed by atoms with Crippen molar-refractivity contribution < 1.29 is 9.59 Å². The van der Waals surface area contributed by atoms with Crippen molar-refractivity contribution in [3.63, 3.8) is 0 Å². The van der Waals surface area contributed by atoms with Gasteiger partial charge in [-0.05, 0) is 57.4 Å². The zero-order chi connectivity index (χ0) is 18.4. The number of fused-ring (bicyclic) bond motifs is 1. The summed E-state index contributed by atoms with van der Waals surface area (Å²) in [5.74, 6) is 0.146. The standard InChI is InChI=1S/C20H24N4O2/c1-13-10-14(2)24(21-13)17-7-4-6-16(11-17)12-23-15(3)19(25)22-9-5-8-18(22)20(23)26/h4,6-7,10-11,15,18H,5,8-9,12H2,1-3H3/t15-,18-/m0/s1. The Morgan fingerprint density at radius 1 is 1.15 bits per heavy atom. The van der Waals surface area contributed by atoms with E-state index in [1.807, 2.05) is 55.8 Å². The van der Waals surface area contributed by atoms with Gasteiger partial charge in [-0.15, -0.1) is 0 Å². The summed E-state index contributed by atoms with van der Waals surface area (Å²) < 4.78 is 1.91. The van der Waals surface area contributed by atoms with E-state index in [-0.39, 0.29) is 17.9 Å². The van der Waals surface area contributed by atoms with Crippen LogP contribution in [0.2, 0.25) is 0 Å². The van der Waals surface area contributed by atoms with Crippen LogP contribution in [0.5, 0.6) is 0 Å². The van der Waals surface area contributed by atoms with Gasteiger partial charge in [0.15, 0.2) is 0 Å². The predicted molar refractivity (Wildman–Crippen MR) is 97.8 cm³/mol. The average Bonchev–Trinajstić information content (AvgIpc) is 3.23. The molecule has 0 saturated carbocycles. The number of amides is 2. The monoisotopic (exact) mass is 352 g/mol. The zero-order valence-corrected chi connectivity index (χ0v) is 15.5. The van der Waals surface area contributed by atoms with E-state index in [0.717, 1.165) is 35.5 Å². The maximum atomic E-state index is 12.9. The van der Waals surface area contributed by atoms with Crippen LogP contribution < -0.4 is 0 Å². The Balaban J connectivity index is 1.61. The fourth-order valence-corrected chi connectivity index (χ4v) is 4.13. The largest absolute Gasteiger partial charge is 0.329 e. The summed E-state index contributed by atoms with van der Waals surface area (Å²) in [5, 5.41) is 4.53. The molecule has 2 aliphatic rings. The minimum Gasteiger partial charge on any atom is -0.329 e. The van der Waals surface area contributed by atoms with Gasteiger partial charge in [0.25, 0.3) is 0 Å². The molecule has 6 nitrogen and oxygen atoms in total. The van der Waals surface area contributed by atoms with Gasteiger partial charge in [-0.1, -0.05) is 12.1 Å². The van der Waals surface area contributed by atoms with E-state index in [1.54, 1.807) is 9.80 Å². The molecule has 4 rings (SSSR count). The van der Waals surface area contributed by atoms with Gasteiger partial charge < -0.3 is 9.80 Å². The lowest BCUT2D eigenvalue weighted by molar-refractivity contribution is -0.159. The molecule has 0 aliphatic carbocycles. The number of carbonyl (C=O) groups is 2. The fraction of sp³-hybridized carbons (Fsp3) is 0.450. The quantitative estimate of drug-likeness (QED) is 0.851. The van der Waals surface area contributed by atoms with E-state index in [4.69, 9.17) is 0 Å². The number of benzene rings is 1. The maximum absolute atomic E-state index is 12.9. The van der Waals surface area contributed by atoms with Crippen molar-refractivity contribution in [2.24, 2.45) is 0 Å². The summed E-state index contributed by atoms with van der Waals surface area (Å²) in [6.07, 6.45) is 1.69. The minimum atomic E-state index is -0.408. The van der Waals surface area contributed by atoms with E-state index in [0.29, 0.717) is 13.1 Å². The van der Waals surface area contributed by atoms with Crippen LogP contribution in [0.4, 0.5) is 0 Å². The molecule has 26 heavy (non-hydrogen) atoms. The summed E-state index contributed by atoms with van der Waals surface area (Å²) in [7, 11) is 0. The highest BCUT2D eigenvalue weighted by molar-refractivity contribution is 5.97. The number of hydrogen-bond donors (Lipinski definition) is 0. The van der Waals surface area contributed by atoms with Crippen molar-refractivity contribution in [2.75, 3.05) is 6.54 Å². The molecule has 2 aromatic rings. The Bertz CT molecular complexity index is 872. The molecule has 2 fully saturated rings. The number of piperazine rings is 1. The molecule has 0 N–H and O–H groups in total. The number of carbonyl (C=O) groups excluding carboxylic acids is 2. The Kier molecular flexibility index (Phi) is 4.05. The molecule has 0 spiro atoms. The third kappa shape index (κ3) is 2.69. The number of aromatic nitrogens is 2. The summed E-state index contributed by atoms with van der Waals surface area (Å²) in [6, 6.07) is 9.40. The molecule has 6 heteroatoms. The fourth-order valence-electron chi connectivity index (χ4n) is 4.13. The van der Waals surface area contributed by atoms with Crippen LogP contribution in [-0.4, -0.2) is 50.0 Å². The average molecular weight is 352 g/mol. The molecule has 0 radical (unpaired) electrons. The van der Waals surface area contributed by atoms with Crippen LogP contribution in [0.25, 0.3) is 5.69 Å². The molecule has 1 aromatic carbocycles. The van der Waals surface area contributed by atoms with Crippen LogP contribution >= 0.6 is 0 Å². The number of aryl methyl sites for hydroxylation is 2. The minimum absolute atomic E-state index is 0.0711. The van der Waals surface area contributed by atoms with Crippen LogP contribution in [0.15, 0.2) is 30.3 Å². The van der Waals surface area contributed by atoms with Crippen LogP contribution in [0.3, 0.4) is 0 Å². The van der Waals surface area contributed by atoms with Crippen molar-refractivity contribution >= 4 is 11.8 Å². The third-order valence-electron chi connectivity index (χ3n) is 5.45. The second-order valence-corrected chi connectivity index (χ2v) is 7.34. The normalized spacial score (nSPS) is 22.9. The SMILES string of the molecule is Cc1cc(C)n(-c2cccc(CN3C(=O)[C@@H]4CCCN4C(=O)[C@@H]3C)c2)n1. The van der Waals surface area contributed by atoms with Gasteiger partial charge in [-0.3, -0.25) is 9.59 Å². The van der Waals surface area contributed by atoms with Gasteiger partial charge in [0, 0.05) is 18.8 Å². The first-order valence-corrected chi connectivity index (χ1v) is 9.19. The van der Waals surface area contributed by atoms with E-state index >= 15 is 0 Å². The second kappa shape index (κ2) is 6.27. The first-order valence-electron chi connectivity index (χ1n) is 9.19. The highest BCUT2D eigenvalue weighted by Gasteiger charge is 2.45.